The van der Waals surface area contributed by atoms with E-state index in [0.29, 0.717) is 36.0 Å². The number of rotatable bonds is 7. The van der Waals surface area contributed by atoms with Gasteiger partial charge >= 0.3 is 0 Å². The van der Waals surface area contributed by atoms with Gasteiger partial charge in [0.05, 0.1) is 24.4 Å². The normalized spacial score (nSPS) is 50.5. The first kappa shape index (κ1) is 30.9. The Kier molecular flexibility index (Phi) is 8.90. The van der Waals surface area contributed by atoms with Gasteiger partial charge in [-0.1, -0.05) is 46.3 Å². The second-order valence-corrected chi connectivity index (χ2v) is 15.2. The molecule has 7 nitrogen and oxygen atoms in total. The van der Waals surface area contributed by atoms with Crippen LogP contribution in [-0.4, -0.2) is 74.6 Å². The SMILES string of the molecule is CC(C)[C@@H](O)CC[C@@H](C)[C@H]1CC[C@H]2[C@@H]3C[C@H](O[C@@H]4O[C@H](C)[C@@H](O)[C@H](O)[C@H]4O)[C@H]4C[C@@H](O)CC[C@]4(C)C3=CC[C@]12C. The van der Waals surface area contributed by atoms with Crippen LogP contribution in [0.3, 0.4) is 0 Å². The van der Waals surface area contributed by atoms with Crippen LogP contribution in [0.5, 0.6) is 0 Å². The number of aliphatic hydroxyl groups is 5. The van der Waals surface area contributed by atoms with Crippen molar-refractivity contribution >= 4 is 0 Å². The fourth-order valence-corrected chi connectivity index (χ4v) is 9.91. The molecular weight excluding hydrogens is 508 g/mol. The van der Waals surface area contributed by atoms with Gasteiger partial charge in [0.15, 0.2) is 6.29 Å². The van der Waals surface area contributed by atoms with Crippen LogP contribution in [0.2, 0.25) is 0 Å². The van der Waals surface area contributed by atoms with Gasteiger partial charge in [0.2, 0.25) is 0 Å². The minimum Gasteiger partial charge on any atom is -0.393 e. The molecule has 3 saturated carbocycles. The van der Waals surface area contributed by atoms with Crippen LogP contribution in [0.15, 0.2) is 11.6 Å². The molecule has 15 atom stereocenters. The first-order chi connectivity index (χ1) is 18.8. The lowest BCUT2D eigenvalue weighted by Gasteiger charge is -2.59. The Morgan fingerprint density at radius 2 is 1.68 bits per heavy atom. The molecule has 1 heterocycles. The maximum Gasteiger partial charge on any atom is 0.186 e. The van der Waals surface area contributed by atoms with Crippen molar-refractivity contribution in [2.45, 2.75) is 148 Å². The Balaban J connectivity index is 1.40. The van der Waals surface area contributed by atoms with Gasteiger partial charge in [-0.05, 0) is 111 Å². The highest BCUT2D eigenvalue weighted by Gasteiger charge is 2.60. The fraction of sp³-hybridized carbons (Fsp3) is 0.939. The maximum absolute atomic E-state index is 10.8. The highest BCUT2D eigenvalue weighted by molar-refractivity contribution is 5.30. The summed E-state index contributed by atoms with van der Waals surface area (Å²) in [6, 6.07) is 0. The summed E-state index contributed by atoms with van der Waals surface area (Å²) in [5, 5.41) is 52.6. The van der Waals surface area contributed by atoms with Gasteiger partial charge in [0.25, 0.3) is 0 Å². The molecule has 230 valence electrons. The third-order valence-electron chi connectivity index (χ3n) is 12.6. The Bertz CT molecular complexity index is 922. The summed E-state index contributed by atoms with van der Waals surface area (Å²) in [4.78, 5) is 0. The Morgan fingerprint density at radius 3 is 2.38 bits per heavy atom. The smallest absolute Gasteiger partial charge is 0.186 e. The van der Waals surface area contributed by atoms with Crippen LogP contribution in [0, 0.1) is 46.3 Å². The van der Waals surface area contributed by atoms with Gasteiger partial charge in [0.1, 0.15) is 18.3 Å². The monoisotopic (exact) mass is 564 g/mol. The van der Waals surface area contributed by atoms with Crippen molar-refractivity contribution in [2.24, 2.45) is 46.3 Å². The van der Waals surface area contributed by atoms with Crippen LogP contribution < -0.4 is 0 Å². The summed E-state index contributed by atoms with van der Waals surface area (Å²) in [7, 11) is 0. The first-order valence-corrected chi connectivity index (χ1v) is 16.2. The zero-order chi connectivity index (χ0) is 29.1. The summed E-state index contributed by atoms with van der Waals surface area (Å²) >= 11 is 0. The van der Waals surface area contributed by atoms with Gasteiger partial charge in [-0.25, -0.2) is 0 Å². The third kappa shape index (κ3) is 5.24. The van der Waals surface area contributed by atoms with Crippen molar-refractivity contribution in [1.29, 1.82) is 0 Å². The molecule has 5 N–H and O–H groups in total. The molecule has 0 bridgehead atoms. The summed E-state index contributed by atoms with van der Waals surface area (Å²) in [6.45, 7) is 13.1. The average molecular weight is 565 g/mol. The van der Waals surface area contributed by atoms with Crippen LogP contribution in [0.4, 0.5) is 0 Å². The van der Waals surface area contributed by atoms with Crippen LogP contribution in [0.1, 0.15) is 99.3 Å². The van der Waals surface area contributed by atoms with Crippen LogP contribution >= 0.6 is 0 Å². The molecule has 5 rings (SSSR count). The second kappa shape index (κ2) is 11.5. The van der Waals surface area contributed by atoms with E-state index in [4.69, 9.17) is 9.47 Å². The summed E-state index contributed by atoms with van der Waals surface area (Å²) in [6.07, 6.45) is 4.91. The summed E-state index contributed by atoms with van der Waals surface area (Å²) in [5.41, 5.74) is 1.68. The van der Waals surface area contributed by atoms with Gasteiger partial charge in [-0.3, -0.25) is 0 Å². The molecule has 0 spiro atoms. The summed E-state index contributed by atoms with van der Waals surface area (Å²) < 4.78 is 12.5. The highest BCUT2D eigenvalue weighted by atomic mass is 16.7. The molecule has 0 amide bonds. The van der Waals surface area contributed by atoms with E-state index in [9.17, 15) is 25.5 Å². The molecule has 0 unspecified atom stereocenters. The van der Waals surface area contributed by atoms with Gasteiger partial charge in [-0.2, -0.15) is 0 Å². The molecule has 7 heteroatoms. The standard InChI is InChI=1S/C33H56O7/c1-17(2)26(35)10-7-18(3)22-8-9-23-21-16-27(40-31-30(38)29(37)28(36)19(4)39-31)25-15-20(34)11-13-33(25,6)24(21)12-14-32(22,23)5/h12,17-23,25-31,34-38H,7-11,13-16H2,1-6H3/t18-,19-,20+,21+,22-,23+,25-,26+,27+,28-,29+,30-,31+,32-,33-/m1/s1. The molecule has 4 fully saturated rings. The van der Waals surface area contributed by atoms with Gasteiger partial charge in [0, 0.05) is 0 Å². The number of hydrogen-bond acceptors (Lipinski definition) is 7. The topological polar surface area (TPSA) is 120 Å². The fourth-order valence-electron chi connectivity index (χ4n) is 9.91. The zero-order valence-electron chi connectivity index (χ0n) is 25.6. The lowest BCUT2D eigenvalue weighted by molar-refractivity contribution is -0.315. The van der Waals surface area contributed by atoms with Gasteiger partial charge < -0.3 is 35.0 Å². The van der Waals surface area contributed by atoms with Crippen molar-refractivity contribution in [3.63, 3.8) is 0 Å². The van der Waals surface area contributed by atoms with Gasteiger partial charge in [-0.15, -0.1) is 0 Å². The van der Waals surface area contributed by atoms with E-state index < -0.39 is 30.7 Å². The molecule has 0 aromatic rings. The number of hydrogen-bond donors (Lipinski definition) is 5. The van der Waals surface area contributed by atoms with Crippen molar-refractivity contribution < 1.29 is 35.0 Å². The van der Waals surface area contributed by atoms with Crippen LogP contribution in [-0.2, 0) is 9.47 Å². The first-order valence-electron chi connectivity index (χ1n) is 16.2. The van der Waals surface area contributed by atoms with E-state index >= 15 is 0 Å². The number of ether oxygens (including phenoxy) is 2. The number of allylic oxidation sites excluding steroid dienone is 2. The van der Waals surface area contributed by atoms with E-state index in [2.05, 4.69) is 40.7 Å². The van der Waals surface area contributed by atoms with Crippen LogP contribution in [0.25, 0.3) is 0 Å². The largest absolute Gasteiger partial charge is 0.393 e. The van der Waals surface area contributed by atoms with Crippen molar-refractivity contribution in [3.05, 3.63) is 11.6 Å². The molecule has 1 saturated heterocycles. The summed E-state index contributed by atoms with van der Waals surface area (Å²) in [5.74, 6) is 2.50. The van der Waals surface area contributed by atoms with E-state index in [-0.39, 0.29) is 35.1 Å². The maximum atomic E-state index is 10.8. The number of fused-ring (bicyclic) bond motifs is 5. The molecular formula is C33H56O7. The van der Waals surface area contributed by atoms with Crippen molar-refractivity contribution in [1.82, 2.24) is 0 Å². The third-order valence-corrected chi connectivity index (χ3v) is 12.6. The Labute approximate surface area is 241 Å². The van der Waals surface area contributed by atoms with Crippen molar-refractivity contribution in [3.8, 4) is 0 Å². The molecule has 40 heavy (non-hydrogen) atoms. The predicted molar refractivity (Wildman–Crippen MR) is 153 cm³/mol. The molecule has 4 aliphatic carbocycles. The lowest BCUT2D eigenvalue weighted by atomic mass is 9.47. The molecule has 1 aliphatic heterocycles. The van der Waals surface area contributed by atoms with E-state index in [0.717, 1.165) is 38.5 Å². The van der Waals surface area contributed by atoms with E-state index in [1.165, 1.54) is 12.8 Å². The quantitative estimate of drug-likeness (QED) is 0.294. The predicted octanol–water partition coefficient (Wildman–Crippen LogP) is 4.18. The number of aliphatic hydroxyl groups excluding tert-OH is 5. The van der Waals surface area contributed by atoms with Crippen molar-refractivity contribution in [2.75, 3.05) is 0 Å². The molecule has 0 aromatic carbocycles. The lowest BCUT2D eigenvalue weighted by Crippen LogP contribution is -2.60. The zero-order valence-corrected chi connectivity index (χ0v) is 25.6. The molecule has 0 radical (unpaired) electrons. The minimum atomic E-state index is -1.32. The molecule has 5 aliphatic rings. The second-order valence-electron chi connectivity index (χ2n) is 15.2. The Morgan fingerprint density at radius 1 is 0.950 bits per heavy atom. The highest BCUT2D eigenvalue weighted by Crippen LogP contribution is 2.67. The Hall–Kier alpha value is -0.540. The van der Waals surface area contributed by atoms with E-state index in [1.807, 2.05) is 0 Å². The van der Waals surface area contributed by atoms with E-state index in [1.54, 1.807) is 12.5 Å². The average Bonchev–Trinajstić information content (AvgIpc) is 3.27. The molecule has 0 aromatic heterocycles. The minimum absolute atomic E-state index is 0.0808.